The van der Waals surface area contributed by atoms with Gasteiger partial charge in [-0.1, -0.05) is 18.5 Å². The van der Waals surface area contributed by atoms with Crippen LogP contribution in [0.3, 0.4) is 0 Å². The summed E-state index contributed by atoms with van der Waals surface area (Å²) >= 11 is 0. The van der Waals surface area contributed by atoms with Gasteiger partial charge < -0.3 is 10.3 Å². The van der Waals surface area contributed by atoms with Gasteiger partial charge in [0.1, 0.15) is 0 Å². The third-order valence-corrected chi connectivity index (χ3v) is 2.03. The van der Waals surface area contributed by atoms with Crippen molar-refractivity contribution in [1.82, 2.24) is 10.1 Å². The molecule has 0 aliphatic rings. The molecule has 0 bridgehead atoms. The number of aromatic nitrogens is 2. The van der Waals surface area contributed by atoms with Crippen LogP contribution in [0.15, 0.2) is 4.52 Å². The SMILES string of the molecule is CCCC(N)c1nc(CCC(F)(F)F)no1. The predicted molar refractivity (Wildman–Crippen MR) is 50.5 cm³/mol. The summed E-state index contributed by atoms with van der Waals surface area (Å²) in [7, 11) is 0. The van der Waals surface area contributed by atoms with E-state index in [4.69, 9.17) is 10.3 Å². The summed E-state index contributed by atoms with van der Waals surface area (Å²) < 4.78 is 40.5. The topological polar surface area (TPSA) is 64.9 Å². The van der Waals surface area contributed by atoms with Crippen LogP contribution >= 0.6 is 0 Å². The van der Waals surface area contributed by atoms with Gasteiger partial charge in [-0.25, -0.2) is 0 Å². The Balaban J connectivity index is 2.51. The Hall–Kier alpha value is -1.11. The van der Waals surface area contributed by atoms with Crippen LogP contribution in [0.2, 0.25) is 0 Å². The highest BCUT2D eigenvalue weighted by Crippen LogP contribution is 2.21. The van der Waals surface area contributed by atoms with Crippen molar-refractivity contribution in [3.8, 4) is 0 Å². The molecule has 0 saturated carbocycles. The first-order valence-electron chi connectivity index (χ1n) is 5.07. The van der Waals surface area contributed by atoms with Gasteiger partial charge in [-0.3, -0.25) is 0 Å². The number of alkyl halides is 3. The van der Waals surface area contributed by atoms with Crippen molar-refractivity contribution in [2.24, 2.45) is 5.73 Å². The van der Waals surface area contributed by atoms with Gasteiger partial charge in [0.05, 0.1) is 12.5 Å². The predicted octanol–water partition coefficient (Wildman–Crippen LogP) is 2.36. The number of rotatable bonds is 5. The normalized spacial score (nSPS) is 14.1. The fourth-order valence-corrected chi connectivity index (χ4v) is 1.21. The molecule has 0 saturated heterocycles. The van der Waals surface area contributed by atoms with Crippen molar-refractivity contribution in [3.63, 3.8) is 0 Å². The van der Waals surface area contributed by atoms with E-state index in [0.717, 1.165) is 6.42 Å². The maximum Gasteiger partial charge on any atom is 0.389 e. The van der Waals surface area contributed by atoms with Gasteiger partial charge in [0.25, 0.3) is 0 Å². The molecule has 2 N–H and O–H groups in total. The third kappa shape index (κ3) is 4.18. The van der Waals surface area contributed by atoms with E-state index in [1.807, 2.05) is 6.92 Å². The average molecular weight is 237 g/mol. The summed E-state index contributed by atoms with van der Waals surface area (Å²) in [5.74, 6) is 0.262. The molecule has 1 aromatic rings. The van der Waals surface area contributed by atoms with E-state index >= 15 is 0 Å². The number of hydrogen-bond donors (Lipinski definition) is 1. The Morgan fingerprint density at radius 3 is 2.69 bits per heavy atom. The molecule has 0 aliphatic heterocycles. The molecular weight excluding hydrogens is 223 g/mol. The van der Waals surface area contributed by atoms with Crippen LogP contribution in [0.5, 0.6) is 0 Å². The highest BCUT2D eigenvalue weighted by molar-refractivity contribution is 4.92. The van der Waals surface area contributed by atoms with E-state index in [0.29, 0.717) is 6.42 Å². The first-order valence-corrected chi connectivity index (χ1v) is 5.07. The van der Waals surface area contributed by atoms with E-state index in [9.17, 15) is 13.2 Å². The molecule has 1 atom stereocenters. The molecule has 0 radical (unpaired) electrons. The zero-order valence-corrected chi connectivity index (χ0v) is 8.92. The van der Waals surface area contributed by atoms with Gasteiger partial charge in [-0.15, -0.1) is 0 Å². The maximum absolute atomic E-state index is 11.9. The van der Waals surface area contributed by atoms with Gasteiger partial charge in [0.15, 0.2) is 5.82 Å². The molecule has 0 aliphatic carbocycles. The Bertz CT molecular complexity index is 324. The van der Waals surface area contributed by atoms with E-state index in [-0.39, 0.29) is 18.1 Å². The molecule has 4 nitrogen and oxygen atoms in total. The quantitative estimate of drug-likeness (QED) is 0.853. The molecule has 0 amide bonds. The number of nitrogens with zero attached hydrogens (tertiary/aromatic N) is 2. The van der Waals surface area contributed by atoms with Crippen LogP contribution in [-0.2, 0) is 6.42 Å². The molecule has 1 heterocycles. The van der Waals surface area contributed by atoms with Crippen LogP contribution in [0, 0.1) is 0 Å². The Morgan fingerprint density at radius 1 is 1.44 bits per heavy atom. The Morgan fingerprint density at radius 2 is 2.12 bits per heavy atom. The average Bonchev–Trinajstić information content (AvgIpc) is 2.62. The molecular formula is C9H14F3N3O. The van der Waals surface area contributed by atoms with E-state index < -0.39 is 18.6 Å². The second-order valence-corrected chi connectivity index (χ2v) is 3.56. The lowest BCUT2D eigenvalue weighted by Crippen LogP contribution is -2.11. The maximum atomic E-state index is 11.9. The van der Waals surface area contributed by atoms with E-state index in [1.165, 1.54) is 0 Å². The summed E-state index contributed by atoms with van der Waals surface area (Å²) in [6, 6.07) is -0.392. The molecule has 0 fully saturated rings. The fourth-order valence-electron chi connectivity index (χ4n) is 1.21. The lowest BCUT2D eigenvalue weighted by molar-refractivity contribution is -0.134. The van der Waals surface area contributed by atoms with Gasteiger partial charge >= 0.3 is 6.18 Å². The minimum absolute atomic E-state index is 0.0545. The second kappa shape index (κ2) is 5.29. The molecule has 92 valence electrons. The van der Waals surface area contributed by atoms with Gasteiger partial charge in [-0.2, -0.15) is 18.2 Å². The number of hydrogen-bond acceptors (Lipinski definition) is 4. The lowest BCUT2D eigenvalue weighted by atomic mass is 10.2. The van der Waals surface area contributed by atoms with E-state index in [1.54, 1.807) is 0 Å². The molecule has 1 unspecified atom stereocenters. The first kappa shape index (κ1) is 13.0. The van der Waals surface area contributed by atoms with Crippen LogP contribution < -0.4 is 5.73 Å². The van der Waals surface area contributed by atoms with Crippen molar-refractivity contribution < 1.29 is 17.7 Å². The lowest BCUT2D eigenvalue weighted by Gasteiger charge is -2.03. The number of aryl methyl sites for hydroxylation is 1. The van der Waals surface area contributed by atoms with Crippen LogP contribution in [-0.4, -0.2) is 16.3 Å². The largest absolute Gasteiger partial charge is 0.389 e. The fraction of sp³-hybridized carbons (Fsp3) is 0.778. The van der Waals surface area contributed by atoms with Crippen LogP contribution in [0.4, 0.5) is 13.2 Å². The summed E-state index contributed by atoms with van der Waals surface area (Å²) in [4.78, 5) is 3.83. The molecule has 16 heavy (non-hydrogen) atoms. The van der Waals surface area contributed by atoms with Crippen molar-refractivity contribution in [2.45, 2.75) is 44.8 Å². The highest BCUT2D eigenvalue weighted by Gasteiger charge is 2.27. The smallest absolute Gasteiger partial charge is 0.338 e. The number of nitrogens with two attached hydrogens (primary N) is 1. The number of halogens is 3. The molecule has 0 spiro atoms. The molecule has 1 aromatic heterocycles. The van der Waals surface area contributed by atoms with Crippen molar-refractivity contribution in [1.29, 1.82) is 0 Å². The van der Waals surface area contributed by atoms with E-state index in [2.05, 4.69) is 10.1 Å². The first-order chi connectivity index (χ1) is 7.42. The monoisotopic (exact) mass is 237 g/mol. The zero-order chi connectivity index (χ0) is 12.2. The standard InChI is InChI=1S/C9H14F3N3O/c1-2-3-6(13)8-14-7(15-16-8)4-5-9(10,11)12/h6H,2-5,13H2,1H3. The van der Waals surface area contributed by atoms with Crippen molar-refractivity contribution >= 4 is 0 Å². The third-order valence-electron chi connectivity index (χ3n) is 2.03. The van der Waals surface area contributed by atoms with Gasteiger partial charge in [-0.05, 0) is 6.42 Å². The minimum atomic E-state index is -4.20. The summed E-state index contributed by atoms with van der Waals surface area (Å²) in [6.07, 6.45) is -3.91. The highest BCUT2D eigenvalue weighted by atomic mass is 19.4. The van der Waals surface area contributed by atoms with Gasteiger partial charge in [0, 0.05) is 6.42 Å². The Kier molecular flexibility index (Phi) is 4.28. The van der Waals surface area contributed by atoms with Gasteiger partial charge in [0.2, 0.25) is 5.89 Å². The van der Waals surface area contributed by atoms with Crippen LogP contribution in [0.1, 0.15) is 43.9 Å². The summed E-state index contributed by atoms with van der Waals surface area (Å²) in [6.45, 7) is 1.95. The molecule has 0 aromatic carbocycles. The molecule has 7 heteroatoms. The van der Waals surface area contributed by atoms with Crippen molar-refractivity contribution in [2.75, 3.05) is 0 Å². The van der Waals surface area contributed by atoms with Crippen molar-refractivity contribution in [3.05, 3.63) is 11.7 Å². The summed E-state index contributed by atoms with van der Waals surface area (Å²) in [5.41, 5.74) is 5.68. The minimum Gasteiger partial charge on any atom is -0.338 e. The van der Waals surface area contributed by atoms with Crippen LogP contribution in [0.25, 0.3) is 0 Å². The molecule has 1 rings (SSSR count). The Labute approximate surface area is 91.0 Å². The summed E-state index contributed by atoms with van der Waals surface area (Å²) in [5, 5.41) is 3.46. The zero-order valence-electron chi connectivity index (χ0n) is 8.92. The second-order valence-electron chi connectivity index (χ2n) is 3.56.